The summed E-state index contributed by atoms with van der Waals surface area (Å²) < 4.78 is 38.4. The van der Waals surface area contributed by atoms with Crippen molar-refractivity contribution in [3.63, 3.8) is 0 Å². The fraction of sp³-hybridized carbons (Fsp3) is 0.394. The Bertz CT molecular complexity index is 1510. The minimum Gasteiger partial charge on any atom is -0.492 e. The molecule has 1 fully saturated rings. The molecule has 41 heavy (non-hydrogen) atoms. The number of methoxy groups -OCH3 is 1. The number of aryl methyl sites for hydroxylation is 2. The van der Waals surface area contributed by atoms with Crippen molar-refractivity contribution in [2.75, 3.05) is 27.3 Å². The van der Waals surface area contributed by atoms with Crippen LogP contribution in [-0.2, 0) is 20.7 Å². The van der Waals surface area contributed by atoms with Gasteiger partial charge < -0.3 is 23.8 Å². The number of amides is 1. The maximum Gasteiger partial charge on any atom is 0.306 e. The van der Waals surface area contributed by atoms with Crippen molar-refractivity contribution in [3.8, 4) is 28.4 Å². The normalized spacial score (nSPS) is 21.0. The lowest BCUT2D eigenvalue weighted by Crippen LogP contribution is -2.29. The topological polar surface area (TPSA) is 74.3 Å². The minimum absolute atomic E-state index is 0.00252. The first-order valence-corrected chi connectivity index (χ1v) is 14.1. The standard InChI is InChI=1S/C33H34FNO6/c1-18-13-22(41-28-11-12-35(3)33(28)37)14-19(2)31(18)24-7-9-26(34)32-25(24)8-10-27(32)40-21-5-6-23-20(15-30(36)38-4)17-39-29(23)16-21/h5-7,9,13-14,16,20,27-28H,8,10-12,15,17H2,1-4H3/t20-,27-,28?/m1/s1. The molecule has 2 heterocycles. The molecule has 2 aliphatic heterocycles. The number of benzene rings is 3. The highest BCUT2D eigenvalue weighted by Gasteiger charge is 2.33. The van der Waals surface area contributed by atoms with Crippen molar-refractivity contribution in [2.24, 2.45) is 0 Å². The average Bonchev–Trinajstić information content (AvgIpc) is 3.64. The third-order valence-corrected chi connectivity index (χ3v) is 8.50. The summed E-state index contributed by atoms with van der Waals surface area (Å²) in [5, 5.41) is 0. The SMILES string of the molecule is COC(=O)C[C@@H]1COc2cc(O[C@@H]3CCc4c(-c5c(C)cc(OC6CCN(C)C6=O)cc5C)ccc(F)c43)ccc21. The molecule has 3 aliphatic rings. The van der Waals surface area contributed by atoms with Crippen LogP contribution in [0.5, 0.6) is 17.2 Å². The van der Waals surface area contributed by atoms with Gasteiger partial charge >= 0.3 is 5.97 Å². The van der Waals surface area contributed by atoms with Crippen molar-refractivity contribution < 1.29 is 32.9 Å². The van der Waals surface area contributed by atoms with Gasteiger partial charge in [0.2, 0.25) is 0 Å². The summed E-state index contributed by atoms with van der Waals surface area (Å²) in [4.78, 5) is 25.8. The van der Waals surface area contributed by atoms with E-state index in [2.05, 4.69) is 0 Å². The molecule has 3 atom stereocenters. The summed E-state index contributed by atoms with van der Waals surface area (Å²) in [5.74, 6) is 1.36. The molecule has 0 saturated carbocycles. The maximum atomic E-state index is 15.3. The van der Waals surface area contributed by atoms with E-state index in [0.717, 1.165) is 33.4 Å². The van der Waals surface area contributed by atoms with E-state index >= 15 is 4.39 Å². The summed E-state index contributed by atoms with van der Waals surface area (Å²) in [7, 11) is 3.17. The lowest BCUT2D eigenvalue weighted by molar-refractivity contribution is -0.141. The smallest absolute Gasteiger partial charge is 0.306 e. The Labute approximate surface area is 239 Å². The maximum absolute atomic E-state index is 15.3. The van der Waals surface area contributed by atoms with E-state index in [4.69, 9.17) is 18.9 Å². The Kier molecular flexibility index (Phi) is 7.09. The largest absolute Gasteiger partial charge is 0.492 e. The number of nitrogens with zero attached hydrogens (tertiary/aromatic N) is 1. The molecular formula is C33H34FNO6. The molecule has 6 rings (SSSR count). The van der Waals surface area contributed by atoms with Crippen LogP contribution in [0.3, 0.4) is 0 Å². The van der Waals surface area contributed by atoms with Gasteiger partial charge in [0, 0.05) is 43.1 Å². The zero-order valence-electron chi connectivity index (χ0n) is 23.8. The molecular weight excluding hydrogens is 525 g/mol. The van der Waals surface area contributed by atoms with Crippen LogP contribution in [0.25, 0.3) is 11.1 Å². The fourth-order valence-electron chi connectivity index (χ4n) is 6.45. The zero-order valence-corrected chi connectivity index (χ0v) is 23.8. The quantitative estimate of drug-likeness (QED) is 0.340. The number of rotatable bonds is 7. The van der Waals surface area contributed by atoms with Gasteiger partial charge in [-0.05, 0) is 78.8 Å². The first kappa shape index (κ1) is 27.1. The number of fused-ring (bicyclic) bond motifs is 2. The van der Waals surface area contributed by atoms with Crippen LogP contribution in [0, 0.1) is 19.7 Å². The highest BCUT2D eigenvalue weighted by Crippen LogP contribution is 2.45. The van der Waals surface area contributed by atoms with Gasteiger partial charge in [-0.25, -0.2) is 4.39 Å². The van der Waals surface area contributed by atoms with Gasteiger partial charge in [-0.15, -0.1) is 0 Å². The molecule has 214 valence electrons. The lowest BCUT2D eigenvalue weighted by Gasteiger charge is -2.20. The van der Waals surface area contributed by atoms with Crippen LogP contribution in [0.15, 0.2) is 42.5 Å². The summed E-state index contributed by atoms with van der Waals surface area (Å²) in [6.45, 7) is 5.15. The van der Waals surface area contributed by atoms with Crippen molar-refractivity contribution in [2.45, 2.75) is 57.7 Å². The van der Waals surface area contributed by atoms with E-state index in [9.17, 15) is 9.59 Å². The molecule has 0 aromatic heterocycles. The van der Waals surface area contributed by atoms with Gasteiger partial charge in [-0.3, -0.25) is 9.59 Å². The van der Waals surface area contributed by atoms with Gasteiger partial charge in [-0.2, -0.15) is 0 Å². The van der Waals surface area contributed by atoms with Crippen LogP contribution >= 0.6 is 0 Å². The molecule has 0 N–H and O–H groups in total. The molecule has 1 saturated heterocycles. The van der Waals surface area contributed by atoms with Gasteiger partial charge in [-0.1, -0.05) is 12.1 Å². The van der Waals surface area contributed by atoms with E-state index in [1.165, 1.54) is 13.2 Å². The summed E-state index contributed by atoms with van der Waals surface area (Å²) in [6.07, 6.45) is 1.39. The molecule has 1 unspecified atom stereocenters. The molecule has 0 bridgehead atoms. The number of carbonyl (C=O) groups excluding carboxylic acids is 2. The van der Waals surface area contributed by atoms with Crippen molar-refractivity contribution >= 4 is 11.9 Å². The predicted molar refractivity (Wildman–Crippen MR) is 151 cm³/mol. The summed E-state index contributed by atoms with van der Waals surface area (Å²) in [5.41, 5.74) is 6.55. The number of esters is 1. The molecule has 3 aromatic carbocycles. The third kappa shape index (κ3) is 5.00. The molecule has 3 aromatic rings. The number of hydrogen-bond donors (Lipinski definition) is 0. The number of hydrogen-bond acceptors (Lipinski definition) is 6. The van der Waals surface area contributed by atoms with E-state index in [1.54, 1.807) is 11.9 Å². The van der Waals surface area contributed by atoms with Crippen LogP contribution in [0.1, 0.15) is 59.1 Å². The monoisotopic (exact) mass is 559 g/mol. The Morgan fingerprint density at radius 2 is 1.78 bits per heavy atom. The molecule has 0 radical (unpaired) electrons. The fourth-order valence-corrected chi connectivity index (χ4v) is 6.45. The van der Waals surface area contributed by atoms with Crippen LogP contribution < -0.4 is 14.2 Å². The van der Waals surface area contributed by atoms with Crippen LogP contribution in [0.4, 0.5) is 4.39 Å². The summed E-state index contributed by atoms with van der Waals surface area (Å²) >= 11 is 0. The van der Waals surface area contributed by atoms with Gasteiger partial charge in [0.1, 0.15) is 29.2 Å². The second kappa shape index (κ2) is 10.7. The highest BCUT2D eigenvalue weighted by atomic mass is 19.1. The third-order valence-electron chi connectivity index (χ3n) is 8.50. The molecule has 7 nitrogen and oxygen atoms in total. The molecule has 1 aliphatic carbocycles. The number of ether oxygens (including phenoxy) is 4. The first-order chi connectivity index (χ1) is 19.7. The van der Waals surface area contributed by atoms with Gasteiger partial charge in [0.05, 0.1) is 20.1 Å². The highest BCUT2D eigenvalue weighted by molar-refractivity contribution is 5.83. The minimum atomic E-state index is -0.457. The molecule has 0 spiro atoms. The Hall–Kier alpha value is -4.07. The number of likely N-dealkylation sites (tertiary alicyclic amines) is 1. The second-order valence-electron chi connectivity index (χ2n) is 11.2. The van der Waals surface area contributed by atoms with Gasteiger partial charge in [0.25, 0.3) is 5.91 Å². The summed E-state index contributed by atoms with van der Waals surface area (Å²) in [6, 6.07) is 12.9. The van der Waals surface area contributed by atoms with Crippen LogP contribution in [-0.4, -0.2) is 50.2 Å². The first-order valence-electron chi connectivity index (χ1n) is 14.1. The molecule has 8 heteroatoms. The Morgan fingerprint density at radius 1 is 1.02 bits per heavy atom. The van der Waals surface area contributed by atoms with Crippen LogP contribution in [0.2, 0.25) is 0 Å². The zero-order chi connectivity index (χ0) is 28.8. The lowest BCUT2D eigenvalue weighted by atomic mass is 9.90. The van der Waals surface area contributed by atoms with E-state index < -0.39 is 12.2 Å². The Morgan fingerprint density at radius 3 is 2.49 bits per heavy atom. The van der Waals surface area contributed by atoms with Gasteiger partial charge in [0.15, 0.2) is 6.10 Å². The number of carbonyl (C=O) groups is 2. The van der Waals surface area contributed by atoms with E-state index in [1.807, 2.05) is 50.2 Å². The Balaban J connectivity index is 1.24. The van der Waals surface area contributed by atoms with Crippen molar-refractivity contribution in [1.29, 1.82) is 0 Å². The average molecular weight is 560 g/mol. The second-order valence-corrected chi connectivity index (χ2v) is 11.2. The predicted octanol–water partition coefficient (Wildman–Crippen LogP) is 5.82. The van der Waals surface area contributed by atoms with Crippen molar-refractivity contribution in [3.05, 3.63) is 76.1 Å². The molecule has 1 amide bonds. The number of halogens is 1. The van der Waals surface area contributed by atoms with E-state index in [0.29, 0.717) is 55.2 Å². The van der Waals surface area contributed by atoms with E-state index in [-0.39, 0.29) is 30.0 Å². The number of likely N-dealkylation sites (N-methyl/N-ethyl adjacent to an activating group) is 1. The van der Waals surface area contributed by atoms with Crippen molar-refractivity contribution in [1.82, 2.24) is 4.90 Å².